The molecule has 0 saturated heterocycles. The summed E-state index contributed by atoms with van der Waals surface area (Å²) in [7, 11) is 0. The van der Waals surface area contributed by atoms with E-state index in [1.165, 1.54) is 0 Å². The zero-order valence-electron chi connectivity index (χ0n) is 8.85. The minimum Gasteiger partial charge on any atom is -0.311 e. The second-order valence-electron chi connectivity index (χ2n) is 3.59. The number of hydrogen-bond acceptors (Lipinski definition) is 2. The molecule has 2 rings (SSSR count). The van der Waals surface area contributed by atoms with E-state index in [0.29, 0.717) is 11.6 Å². The Bertz CT molecular complexity index is 563. The van der Waals surface area contributed by atoms with Crippen LogP contribution >= 0.6 is 11.6 Å². The highest BCUT2D eigenvalue weighted by Gasteiger charge is 2.03. The lowest BCUT2D eigenvalue weighted by Crippen LogP contribution is -2.21. The molecule has 0 spiro atoms. The van der Waals surface area contributed by atoms with Gasteiger partial charge in [0.25, 0.3) is 5.56 Å². The van der Waals surface area contributed by atoms with Gasteiger partial charge in [-0.15, -0.1) is 0 Å². The number of halogens is 1. The molecule has 0 aliphatic carbocycles. The van der Waals surface area contributed by atoms with Crippen molar-refractivity contribution in [1.82, 2.24) is 9.55 Å². The van der Waals surface area contributed by atoms with Gasteiger partial charge in [0.05, 0.1) is 11.6 Å². The quantitative estimate of drug-likeness (QED) is 0.799. The molecule has 4 heteroatoms. The van der Waals surface area contributed by atoms with E-state index in [1.807, 2.05) is 12.1 Å². The zero-order chi connectivity index (χ0) is 11.5. The fourth-order valence-corrected chi connectivity index (χ4v) is 1.68. The monoisotopic (exact) mass is 234 g/mol. The van der Waals surface area contributed by atoms with Crippen LogP contribution in [0.5, 0.6) is 0 Å². The van der Waals surface area contributed by atoms with Crippen molar-refractivity contribution >= 4 is 11.6 Å². The molecule has 0 aliphatic rings. The summed E-state index contributed by atoms with van der Waals surface area (Å²) in [6.45, 7) is 2.27. The molecule has 0 fully saturated rings. The maximum absolute atomic E-state index is 11.8. The Labute approximate surface area is 98.3 Å². The van der Waals surface area contributed by atoms with Gasteiger partial charge in [-0.25, -0.2) is 0 Å². The van der Waals surface area contributed by atoms with Crippen LogP contribution in [-0.2, 0) is 6.54 Å². The molecule has 0 N–H and O–H groups in total. The molecule has 0 unspecified atom stereocenters. The molecule has 0 aliphatic heterocycles. The average molecular weight is 235 g/mol. The van der Waals surface area contributed by atoms with Gasteiger partial charge in [-0.05, 0) is 24.6 Å². The summed E-state index contributed by atoms with van der Waals surface area (Å²) in [6.07, 6.45) is 5.01. The lowest BCUT2D eigenvalue weighted by Gasteiger charge is -2.07. The molecule has 0 atom stereocenters. The molecule has 0 aromatic carbocycles. The SMILES string of the molecule is Cc1cccn(Cc2ccncc2Cl)c1=O. The average Bonchev–Trinajstić information content (AvgIpc) is 2.28. The van der Waals surface area contributed by atoms with E-state index < -0.39 is 0 Å². The van der Waals surface area contributed by atoms with Crippen LogP contribution in [0.3, 0.4) is 0 Å². The first-order valence-electron chi connectivity index (χ1n) is 4.93. The van der Waals surface area contributed by atoms with Gasteiger partial charge in [-0.2, -0.15) is 0 Å². The minimum absolute atomic E-state index is 0.00961. The molecular formula is C12H11ClN2O. The molecule has 3 nitrogen and oxygen atoms in total. The summed E-state index contributed by atoms with van der Waals surface area (Å²) in [5.74, 6) is 0. The van der Waals surface area contributed by atoms with Crippen LogP contribution in [-0.4, -0.2) is 9.55 Å². The van der Waals surface area contributed by atoms with Gasteiger partial charge in [0.15, 0.2) is 0 Å². The Morgan fingerprint density at radius 1 is 1.44 bits per heavy atom. The smallest absolute Gasteiger partial charge is 0.253 e. The molecule has 16 heavy (non-hydrogen) atoms. The minimum atomic E-state index is 0.00961. The molecule has 0 saturated carbocycles. The van der Waals surface area contributed by atoms with Crippen molar-refractivity contribution in [1.29, 1.82) is 0 Å². The zero-order valence-corrected chi connectivity index (χ0v) is 9.61. The van der Waals surface area contributed by atoms with Crippen molar-refractivity contribution in [2.45, 2.75) is 13.5 Å². The van der Waals surface area contributed by atoms with E-state index in [4.69, 9.17) is 11.6 Å². The van der Waals surface area contributed by atoms with E-state index >= 15 is 0 Å². The lowest BCUT2D eigenvalue weighted by atomic mass is 10.2. The largest absolute Gasteiger partial charge is 0.311 e. The molecule has 2 heterocycles. The van der Waals surface area contributed by atoms with Crippen LogP contribution in [0.15, 0.2) is 41.6 Å². The van der Waals surface area contributed by atoms with Crippen molar-refractivity contribution in [3.05, 3.63) is 63.3 Å². The van der Waals surface area contributed by atoms with Gasteiger partial charge in [0, 0.05) is 24.2 Å². The fourth-order valence-electron chi connectivity index (χ4n) is 1.50. The lowest BCUT2D eigenvalue weighted by molar-refractivity contribution is 0.751. The Hall–Kier alpha value is -1.61. The summed E-state index contributed by atoms with van der Waals surface area (Å²) >= 11 is 5.99. The van der Waals surface area contributed by atoms with Crippen molar-refractivity contribution < 1.29 is 0 Å². The number of aromatic nitrogens is 2. The maximum atomic E-state index is 11.8. The van der Waals surface area contributed by atoms with Crippen molar-refractivity contribution in [2.24, 2.45) is 0 Å². The highest BCUT2D eigenvalue weighted by atomic mass is 35.5. The Morgan fingerprint density at radius 2 is 2.25 bits per heavy atom. The molecule has 2 aromatic rings. The van der Waals surface area contributed by atoms with E-state index in [1.54, 1.807) is 36.1 Å². The van der Waals surface area contributed by atoms with Crippen molar-refractivity contribution in [3.63, 3.8) is 0 Å². The first-order valence-corrected chi connectivity index (χ1v) is 5.31. The molecule has 0 bridgehead atoms. The Morgan fingerprint density at radius 3 is 3.00 bits per heavy atom. The predicted octanol–water partition coefficient (Wildman–Crippen LogP) is 2.25. The predicted molar refractivity (Wildman–Crippen MR) is 63.8 cm³/mol. The second-order valence-corrected chi connectivity index (χ2v) is 4.00. The summed E-state index contributed by atoms with van der Waals surface area (Å²) in [5, 5.41) is 0.580. The summed E-state index contributed by atoms with van der Waals surface area (Å²) in [6, 6.07) is 5.47. The number of nitrogens with zero attached hydrogens (tertiary/aromatic N) is 2. The van der Waals surface area contributed by atoms with E-state index in [2.05, 4.69) is 4.98 Å². The first-order chi connectivity index (χ1) is 7.68. The molecular weight excluding hydrogens is 224 g/mol. The highest BCUT2D eigenvalue weighted by molar-refractivity contribution is 6.31. The molecule has 82 valence electrons. The standard InChI is InChI=1S/C12H11ClN2O/c1-9-3-2-6-15(12(9)16)8-10-4-5-14-7-11(10)13/h2-7H,8H2,1H3. The van der Waals surface area contributed by atoms with Crippen LogP contribution in [0.4, 0.5) is 0 Å². The normalized spacial score (nSPS) is 10.4. The highest BCUT2D eigenvalue weighted by Crippen LogP contribution is 2.13. The first kappa shape index (κ1) is 10.9. The number of rotatable bonds is 2. The van der Waals surface area contributed by atoms with Gasteiger partial charge in [0.2, 0.25) is 0 Å². The summed E-state index contributed by atoms with van der Waals surface area (Å²) in [5.41, 5.74) is 1.63. The summed E-state index contributed by atoms with van der Waals surface area (Å²) < 4.78 is 1.64. The van der Waals surface area contributed by atoms with E-state index in [0.717, 1.165) is 11.1 Å². The summed E-state index contributed by atoms with van der Waals surface area (Å²) in [4.78, 5) is 15.7. The third-order valence-corrected chi connectivity index (χ3v) is 2.75. The number of aryl methyl sites for hydroxylation is 1. The topological polar surface area (TPSA) is 34.9 Å². The third kappa shape index (κ3) is 2.14. The van der Waals surface area contributed by atoms with E-state index in [-0.39, 0.29) is 5.56 Å². The van der Waals surface area contributed by atoms with Gasteiger partial charge in [-0.3, -0.25) is 9.78 Å². The number of pyridine rings is 2. The van der Waals surface area contributed by atoms with Gasteiger partial charge in [-0.1, -0.05) is 17.7 Å². The second kappa shape index (κ2) is 4.49. The van der Waals surface area contributed by atoms with Crippen LogP contribution < -0.4 is 5.56 Å². The molecule has 2 aromatic heterocycles. The van der Waals surface area contributed by atoms with Crippen LogP contribution in [0.2, 0.25) is 5.02 Å². The van der Waals surface area contributed by atoms with Gasteiger partial charge >= 0.3 is 0 Å². The maximum Gasteiger partial charge on any atom is 0.253 e. The molecule has 0 radical (unpaired) electrons. The van der Waals surface area contributed by atoms with Crippen LogP contribution in [0.1, 0.15) is 11.1 Å². The van der Waals surface area contributed by atoms with Crippen LogP contribution in [0.25, 0.3) is 0 Å². The fraction of sp³-hybridized carbons (Fsp3) is 0.167. The Balaban J connectivity index is 2.39. The number of hydrogen-bond donors (Lipinski definition) is 0. The third-order valence-electron chi connectivity index (χ3n) is 2.41. The van der Waals surface area contributed by atoms with Crippen molar-refractivity contribution in [2.75, 3.05) is 0 Å². The van der Waals surface area contributed by atoms with E-state index in [9.17, 15) is 4.79 Å². The van der Waals surface area contributed by atoms with Gasteiger partial charge in [0.1, 0.15) is 0 Å². The van der Waals surface area contributed by atoms with Gasteiger partial charge < -0.3 is 4.57 Å². The molecule has 0 amide bonds. The van der Waals surface area contributed by atoms with Crippen LogP contribution in [0, 0.1) is 6.92 Å². The Kier molecular flexibility index (Phi) is 3.06. The van der Waals surface area contributed by atoms with Crippen molar-refractivity contribution in [3.8, 4) is 0 Å².